The quantitative estimate of drug-likeness (QED) is 0.692. The van der Waals surface area contributed by atoms with Crippen LogP contribution in [0.1, 0.15) is 5.69 Å². The Hall–Kier alpha value is -2.36. The van der Waals surface area contributed by atoms with E-state index in [0.717, 1.165) is 16.8 Å². The van der Waals surface area contributed by atoms with E-state index in [4.69, 9.17) is 0 Å². The van der Waals surface area contributed by atoms with Gasteiger partial charge in [-0.15, -0.1) is 0 Å². The van der Waals surface area contributed by atoms with Crippen LogP contribution >= 0.6 is 0 Å². The van der Waals surface area contributed by atoms with E-state index in [-0.39, 0.29) is 5.75 Å². The van der Waals surface area contributed by atoms with Gasteiger partial charge in [-0.3, -0.25) is 4.98 Å². The predicted molar refractivity (Wildman–Crippen MR) is 65.3 cm³/mol. The molecule has 2 heterocycles. The molecule has 4 nitrogen and oxygen atoms in total. The van der Waals surface area contributed by atoms with Gasteiger partial charge in [0, 0.05) is 17.8 Å². The largest absolute Gasteiger partial charge is 0.506 e. The maximum Gasteiger partial charge on any atom is 0.141 e. The number of fused-ring (bicyclic) bond motifs is 1. The molecule has 0 fully saturated rings. The minimum atomic E-state index is 0.188. The summed E-state index contributed by atoms with van der Waals surface area (Å²) in [6.45, 7) is 1.94. The van der Waals surface area contributed by atoms with E-state index in [2.05, 4.69) is 10.1 Å². The molecule has 0 bridgehead atoms. The van der Waals surface area contributed by atoms with Crippen molar-refractivity contribution in [2.24, 2.45) is 0 Å². The van der Waals surface area contributed by atoms with Crippen LogP contribution in [-0.2, 0) is 0 Å². The fourth-order valence-corrected chi connectivity index (χ4v) is 1.89. The Bertz CT molecular complexity index is 688. The number of aryl methyl sites for hydroxylation is 1. The zero-order valence-electron chi connectivity index (χ0n) is 9.33. The molecule has 0 aliphatic heterocycles. The summed E-state index contributed by atoms with van der Waals surface area (Å²) >= 11 is 0. The maximum absolute atomic E-state index is 9.76. The first-order valence-corrected chi connectivity index (χ1v) is 5.35. The van der Waals surface area contributed by atoms with Crippen LogP contribution in [0.3, 0.4) is 0 Å². The van der Waals surface area contributed by atoms with Crippen LogP contribution < -0.4 is 0 Å². The summed E-state index contributed by atoms with van der Waals surface area (Å²) in [6.07, 6.45) is 3.57. The molecular weight excluding hydrogens is 214 g/mol. The van der Waals surface area contributed by atoms with Crippen molar-refractivity contribution in [1.82, 2.24) is 14.8 Å². The van der Waals surface area contributed by atoms with Crippen LogP contribution in [0.4, 0.5) is 0 Å². The zero-order valence-corrected chi connectivity index (χ0v) is 9.33. The average Bonchev–Trinajstić information content (AvgIpc) is 2.76. The molecule has 4 heteroatoms. The van der Waals surface area contributed by atoms with E-state index in [9.17, 15) is 5.11 Å². The number of nitrogens with zero attached hydrogens (tertiary/aromatic N) is 3. The molecule has 0 aliphatic carbocycles. The second-order valence-corrected chi connectivity index (χ2v) is 3.91. The molecule has 3 rings (SSSR count). The van der Waals surface area contributed by atoms with Gasteiger partial charge in [-0.2, -0.15) is 5.10 Å². The van der Waals surface area contributed by atoms with Crippen molar-refractivity contribution in [2.45, 2.75) is 6.92 Å². The third kappa shape index (κ3) is 1.54. The van der Waals surface area contributed by atoms with Gasteiger partial charge in [-0.05, 0) is 25.1 Å². The molecule has 3 aromatic rings. The number of phenols is 1. The number of aromatic nitrogens is 3. The highest BCUT2D eigenvalue weighted by Crippen LogP contribution is 2.26. The first kappa shape index (κ1) is 9.84. The standard InChI is InChI=1S/C13H11N3O/c1-9-6-8-16(15-9)11-5-7-14-13-10(11)3-2-4-12(13)17/h2-8,17H,1H3. The van der Waals surface area contributed by atoms with Gasteiger partial charge in [-0.1, -0.05) is 12.1 Å². The second kappa shape index (κ2) is 3.59. The molecule has 0 atom stereocenters. The highest BCUT2D eigenvalue weighted by atomic mass is 16.3. The molecule has 0 unspecified atom stereocenters. The van der Waals surface area contributed by atoms with E-state index in [0.29, 0.717) is 5.52 Å². The minimum Gasteiger partial charge on any atom is -0.506 e. The Balaban J connectivity index is 2.34. The van der Waals surface area contributed by atoms with Crippen LogP contribution in [0.25, 0.3) is 16.6 Å². The first-order valence-electron chi connectivity index (χ1n) is 5.35. The van der Waals surface area contributed by atoms with Crippen LogP contribution in [0, 0.1) is 6.92 Å². The Morgan fingerprint density at radius 3 is 2.82 bits per heavy atom. The van der Waals surface area contributed by atoms with Crippen LogP contribution in [0.15, 0.2) is 42.7 Å². The zero-order chi connectivity index (χ0) is 11.8. The summed E-state index contributed by atoms with van der Waals surface area (Å²) in [6, 6.07) is 9.18. The molecule has 2 aromatic heterocycles. The summed E-state index contributed by atoms with van der Waals surface area (Å²) < 4.78 is 1.79. The average molecular weight is 225 g/mol. The first-order chi connectivity index (χ1) is 8.25. The Labute approximate surface area is 98.2 Å². The van der Waals surface area contributed by atoms with E-state index in [1.54, 1.807) is 23.0 Å². The molecule has 0 aliphatic rings. The number of para-hydroxylation sites is 1. The molecule has 84 valence electrons. The van der Waals surface area contributed by atoms with Gasteiger partial charge in [0.25, 0.3) is 0 Å². The van der Waals surface area contributed by atoms with Crippen LogP contribution in [0.5, 0.6) is 5.75 Å². The molecule has 17 heavy (non-hydrogen) atoms. The van der Waals surface area contributed by atoms with Crippen molar-refractivity contribution in [3.05, 3.63) is 48.4 Å². The van der Waals surface area contributed by atoms with Gasteiger partial charge in [0.1, 0.15) is 11.3 Å². The number of rotatable bonds is 1. The summed E-state index contributed by atoms with van der Waals surface area (Å²) in [5, 5.41) is 15.0. The van der Waals surface area contributed by atoms with Crippen molar-refractivity contribution < 1.29 is 5.11 Å². The van der Waals surface area contributed by atoms with E-state index in [1.807, 2.05) is 31.3 Å². The SMILES string of the molecule is Cc1ccn(-c2ccnc3c(O)cccc23)n1. The molecule has 0 saturated carbocycles. The van der Waals surface area contributed by atoms with Crippen molar-refractivity contribution in [3.63, 3.8) is 0 Å². The Morgan fingerprint density at radius 2 is 2.06 bits per heavy atom. The van der Waals surface area contributed by atoms with Gasteiger partial charge in [0.05, 0.1) is 11.4 Å². The molecule has 1 aromatic carbocycles. The lowest BCUT2D eigenvalue weighted by atomic mass is 10.2. The third-order valence-electron chi connectivity index (χ3n) is 2.70. The highest BCUT2D eigenvalue weighted by molar-refractivity contribution is 5.90. The van der Waals surface area contributed by atoms with E-state index >= 15 is 0 Å². The van der Waals surface area contributed by atoms with Gasteiger partial charge >= 0.3 is 0 Å². The number of hydrogen-bond donors (Lipinski definition) is 1. The predicted octanol–water partition coefficient (Wildman–Crippen LogP) is 2.43. The minimum absolute atomic E-state index is 0.188. The topological polar surface area (TPSA) is 50.9 Å². The van der Waals surface area contributed by atoms with E-state index < -0.39 is 0 Å². The van der Waals surface area contributed by atoms with Gasteiger partial charge < -0.3 is 5.11 Å². The lowest BCUT2D eigenvalue weighted by Crippen LogP contribution is -1.97. The van der Waals surface area contributed by atoms with Gasteiger partial charge in [0.15, 0.2) is 0 Å². The molecule has 0 saturated heterocycles. The summed E-state index contributed by atoms with van der Waals surface area (Å²) in [4.78, 5) is 4.18. The summed E-state index contributed by atoms with van der Waals surface area (Å²) in [5.41, 5.74) is 2.47. The van der Waals surface area contributed by atoms with Crippen molar-refractivity contribution >= 4 is 10.9 Å². The smallest absolute Gasteiger partial charge is 0.141 e. The molecular formula is C13H11N3O. The second-order valence-electron chi connectivity index (χ2n) is 3.91. The van der Waals surface area contributed by atoms with Gasteiger partial charge in [-0.25, -0.2) is 4.68 Å². The fourth-order valence-electron chi connectivity index (χ4n) is 1.89. The Kier molecular flexibility index (Phi) is 2.08. The molecule has 1 N–H and O–H groups in total. The lowest BCUT2D eigenvalue weighted by molar-refractivity contribution is 0.480. The van der Waals surface area contributed by atoms with Crippen molar-refractivity contribution in [3.8, 4) is 11.4 Å². The third-order valence-corrected chi connectivity index (χ3v) is 2.70. The number of pyridine rings is 1. The van der Waals surface area contributed by atoms with Crippen LogP contribution in [-0.4, -0.2) is 19.9 Å². The number of aromatic hydroxyl groups is 1. The number of benzene rings is 1. The van der Waals surface area contributed by atoms with Crippen LogP contribution in [0.2, 0.25) is 0 Å². The molecule has 0 radical (unpaired) electrons. The number of hydrogen-bond acceptors (Lipinski definition) is 3. The molecule has 0 spiro atoms. The lowest BCUT2D eigenvalue weighted by Gasteiger charge is -2.06. The monoisotopic (exact) mass is 225 g/mol. The van der Waals surface area contributed by atoms with Gasteiger partial charge in [0.2, 0.25) is 0 Å². The summed E-state index contributed by atoms with van der Waals surface area (Å²) in [5.74, 6) is 0.188. The maximum atomic E-state index is 9.76. The van der Waals surface area contributed by atoms with E-state index in [1.165, 1.54) is 0 Å². The fraction of sp³-hybridized carbons (Fsp3) is 0.0769. The van der Waals surface area contributed by atoms with Crippen molar-refractivity contribution in [1.29, 1.82) is 0 Å². The van der Waals surface area contributed by atoms with Crippen molar-refractivity contribution in [2.75, 3.05) is 0 Å². The normalized spacial score (nSPS) is 10.9. The number of phenolic OH excluding ortho intramolecular Hbond substituents is 1. The summed E-state index contributed by atoms with van der Waals surface area (Å²) in [7, 11) is 0. The highest BCUT2D eigenvalue weighted by Gasteiger charge is 2.07. The molecule has 0 amide bonds. The Morgan fingerprint density at radius 1 is 1.18 bits per heavy atom.